The first-order valence-electron chi connectivity index (χ1n) is 13.8. The monoisotopic (exact) mass is 581 g/mol. The van der Waals surface area contributed by atoms with Gasteiger partial charge >= 0.3 is 0 Å². The van der Waals surface area contributed by atoms with Crippen molar-refractivity contribution in [2.75, 3.05) is 11.6 Å². The zero-order valence-corrected chi connectivity index (χ0v) is 23.1. The maximum absolute atomic E-state index is 14.9. The summed E-state index contributed by atoms with van der Waals surface area (Å²) in [4.78, 5) is 40.3. The lowest BCUT2D eigenvalue weighted by Crippen LogP contribution is -2.59. The number of pyridine rings is 1. The molecule has 2 fully saturated rings. The van der Waals surface area contributed by atoms with Crippen LogP contribution in [-0.2, 0) is 6.54 Å². The van der Waals surface area contributed by atoms with Crippen LogP contribution in [0.2, 0.25) is 0 Å². The number of benzene rings is 2. The Morgan fingerprint density at radius 1 is 1.07 bits per heavy atom. The van der Waals surface area contributed by atoms with Crippen molar-refractivity contribution in [3.63, 3.8) is 0 Å². The molecule has 0 radical (unpaired) electrons. The molecule has 6 rings (SSSR count). The first kappa shape index (κ1) is 27.8. The van der Waals surface area contributed by atoms with Gasteiger partial charge in [-0.15, -0.1) is 0 Å². The molecule has 4 heterocycles. The molecule has 2 amide bonds. The Morgan fingerprint density at radius 3 is 2.38 bits per heavy atom. The van der Waals surface area contributed by atoms with Crippen molar-refractivity contribution in [2.24, 2.45) is 5.73 Å². The van der Waals surface area contributed by atoms with Crippen LogP contribution in [0.4, 0.5) is 18.9 Å². The molecular weight excluding hydrogens is 551 g/mol. The molecule has 1 aromatic heterocycles. The van der Waals surface area contributed by atoms with Crippen molar-refractivity contribution >= 4 is 17.5 Å². The molecule has 42 heavy (non-hydrogen) atoms. The molecule has 12 heteroatoms. The fraction of sp³-hybridized carbons (Fsp3) is 0.367. The summed E-state index contributed by atoms with van der Waals surface area (Å²) in [6, 6.07) is 9.39. The highest BCUT2D eigenvalue weighted by molar-refractivity contribution is 5.99. The van der Waals surface area contributed by atoms with Gasteiger partial charge < -0.3 is 20.3 Å². The number of fused-ring (bicyclic) bond motifs is 5. The number of hydrogen-bond donors (Lipinski definition) is 2. The molecule has 220 valence electrons. The molecule has 3 aromatic rings. The number of aromatic hydroxyl groups is 1. The third-order valence-corrected chi connectivity index (χ3v) is 9.06. The van der Waals surface area contributed by atoms with Gasteiger partial charge in [-0.1, -0.05) is 18.2 Å². The molecule has 2 bridgehead atoms. The number of rotatable bonds is 4. The van der Waals surface area contributed by atoms with Crippen LogP contribution >= 0.6 is 0 Å². The molecule has 9 nitrogen and oxygen atoms in total. The minimum absolute atomic E-state index is 0.191. The molecule has 3 N–H and O–H groups in total. The molecule has 4 atom stereocenters. The zero-order chi connectivity index (χ0) is 30.1. The molecule has 2 saturated heterocycles. The third-order valence-electron chi connectivity index (χ3n) is 9.06. The third kappa shape index (κ3) is 4.07. The van der Waals surface area contributed by atoms with Crippen LogP contribution in [0.1, 0.15) is 65.6 Å². The fourth-order valence-corrected chi connectivity index (χ4v) is 7.06. The highest BCUT2D eigenvalue weighted by Gasteiger charge is 2.58. The fourth-order valence-electron chi connectivity index (χ4n) is 7.06. The van der Waals surface area contributed by atoms with E-state index in [1.165, 1.54) is 10.8 Å². The van der Waals surface area contributed by atoms with Gasteiger partial charge in [-0.05, 0) is 45.2 Å². The van der Waals surface area contributed by atoms with Crippen molar-refractivity contribution in [1.82, 2.24) is 14.5 Å². The van der Waals surface area contributed by atoms with Crippen molar-refractivity contribution in [3.8, 4) is 5.75 Å². The second-order valence-electron chi connectivity index (χ2n) is 11.5. The van der Waals surface area contributed by atoms with Crippen LogP contribution in [0, 0.1) is 17.5 Å². The van der Waals surface area contributed by atoms with Crippen LogP contribution in [0.5, 0.6) is 5.75 Å². The predicted octanol–water partition coefficient (Wildman–Crippen LogP) is 3.70. The Morgan fingerprint density at radius 2 is 1.74 bits per heavy atom. The lowest BCUT2D eigenvalue weighted by atomic mass is 9.80. The number of carbonyl (C=O) groups excluding carboxylic acids is 2. The molecule has 3 aliphatic heterocycles. The lowest BCUT2D eigenvalue weighted by molar-refractivity contribution is 0.0571. The highest BCUT2D eigenvalue weighted by atomic mass is 19.1. The minimum atomic E-state index is -1.04. The van der Waals surface area contributed by atoms with Gasteiger partial charge in [0.15, 0.2) is 11.4 Å². The number of para-hydroxylation sites is 1. The normalized spacial score (nSPS) is 25.5. The Hall–Kier alpha value is -4.32. The number of nitrogens with two attached hydrogens (primary N) is 1. The first-order valence-corrected chi connectivity index (χ1v) is 13.8. The van der Waals surface area contributed by atoms with E-state index in [1.54, 1.807) is 4.90 Å². The van der Waals surface area contributed by atoms with Crippen molar-refractivity contribution in [3.05, 3.63) is 93.2 Å². The standard InChI is InChI=1S/C30H30F3N5O4/c1-16-8-9-30(24-15-35(16)29(42)25-27(40)26(39)21(28(34)41)13-36(24)25)12-17(2)37(38(30)19-6-4-3-5-7-19)14-20-22(32)10-18(31)11-23(20)33/h3-7,10-11,13,16-17,24,40H,8-9,12,14-15H2,1-2H3,(H2,34,41)/t16-,17?,24+,30?/m0/s1. The van der Waals surface area contributed by atoms with Gasteiger partial charge in [0.1, 0.15) is 23.0 Å². The summed E-state index contributed by atoms with van der Waals surface area (Å²) in [7, 11) is 0. The quantitative estimate of drug-likeness (QED) is 0.486. The summed E-state index contributed by atoms with van der Waals surface area (Å²) in [5.74, 6) is -5.45. The van der Waals surface area contributed by atoms with E-state index in [4.69, 9.17) is 5.73 Å². The van der Waals surface area contributed by atoms with E-state index >= 15 is 0 Å². The highest BCUT2D eigenvalue weighted by Crippen LogP contribution is 2.52. The molecule has 3 aliphatic rings. The van der Waals surface area contributed by atoms with E-state index in [-0.39, 0.29) is 36.4 Å². The molecule has 0 saturated carbocycles. The first-order chi connectivity index (χ1) is 19.9. The summed E-state index contributed by atoms with van der Waals surface area (Å²) in [5.41, 5.74) is 3.36. The van der Waals surface area contributed by atoms with Gasteiger partial charge in [-0.3, -0.25) is 19.4 Å². The van der Waals surface area contributed by atoms with E-state index in [2.05, 4.69) is 0 Å². The van der Waals surface area contributed by atoms with Gasteiger partial charge in [0, 0.05) is 49.1 Å². The average Bonchev–Trinajstić information content (AvgIpc) is 3.15. The van der Waals surface area contributed by atoms with Crippen LogP contribution in [-0.4, -0.2) is 55.6 Å². The second kappa shape index (κ2) is 9.90. The maximum atomic E-state index is 14.9. The number of aromatic nitrogens is 1. The lowest BCUT2D eigenvalue weighted by Gasteiger charge is -2.49. The Bertz CT molecular complexity index is 1640. The van der Waals surface area contributed by atoms with Crippen LogP contribution in [0.15, 0.2) is 53.5 Å². The maximum Gasteiger partial charge on any atom is 0.274 e. The summed E-state index contributed by atoms with van der Waals surface area (Å²) in [5, 5.41) is 14.8. The van der Waals surface area contributed by atoms with Gasteiger partial charge in [0.05, 0.1) is 17.3 Å². The Labute approximate surface area is 239 Å². The largest absolute Gasteiger partial charge is 0.503 e. The van der Waals surface area contributed by atoms with E-state index in [9.17, 15) is 32.7 Å². The van der Waals surface area contributed by atoms with E-state index < -0.39 is 57.6 Å². The van der Waals surface area contributed by atoms with Crippen LogP contribution in [0.3, 0.4) is 0 Å². The van der Waals surface area contributed by atoms with Crippen LogP contribution < -0.4 is 16.2 Å². The Kier molecular flexibility index (Phi) is 6.56. The smallest absolute Gasteiger partial charge is 0.274 e. The summed E-state index contributed by atoms with van der Waals surface area (Å²) in [6.07, 6.45) is 2.77. The molecule has 1 spiro atoms. The summed E-state index contributed by atoms with van der Waals surface area (Å²) < 4.78 is 45.1. The van der Waals surface area contributed by atoms with E-state index in [0.29, 0.717) is 37.1 Å². The number of nitrogens with zero attached hydrogens (tertiary/aromatic N) is 4. The Balaban J connectivity index is 1.59. The number of amides is 2. The summed E-state index contributed by atoms with van der Waals surface area (Å²) >= 11 is 0. The van der Waals surface area contributed by atoms with Gasteiger partial charge in [0.25, 0.3) is 11.8 Å². The summed E-state index contributed by atoms with van der Waals surface area (Å²) in [6.45, 7) is 3.79. The molecular formula is C30H30F3N5O4. The number of anilines is 1. The topological polar surface area (TPSA) is 112 Å². The number of hydrazine groups is 1. The number of primary amides is 1. The SMILES string of the molecule is CC1CC2(CC[C@H](C)N3C[C@H]2n2cc(C(N)=O)c(=O)c(O)c2C3=O)N(c2ccccc2)N1Cc1c(F)cc(F)cc1F. The second-order valence-corrected chi connectivity index (χ2v) is 11.5. The van der Waals surface area contributed by atoms with Gasteiger partial charge in [0.2, 0.25) is 5.43 Å². The average molecular weight is 582 g/mol. The minimum Gasteiger partial charge on any atom is -0.503 e. The van der Waals surface area contributed by atoms with E-state index in [1.807, 2.05) is 54.2 Å². The zero-order valence-electron chi connectivity index (χ0n) is 23.1. The molecule has 2 unspecified atom stereocenters. The van der Waals surface area contributed by atoms with Crippen molar-refractivity contribution in [2.45, 2.75) is 63.3 Å². The van der Waals surface area contributed by atoms with Crippen molar-refractivity contribution < 1.29 is 27.9 Å². The van der Waals surface area contributed by atoms with E-state index in [0.717, 1.165) is 0 Å². The van der Waals surface area contributed by atoms with Gasteiger partial charge in [-0.2, -0.15) is 0 Å². The van der Waals surface area contributed by atoms with Gasteiger partial charge in [-0.25, -0.2) is 18.2 Å². The van der Waals surface area contributed by atoms with Crippen LogP contribution in [0.25, 0.3) is 0 Å². The van der Waals surface area contributed by atoms with Crippen molar-refractivity contribution in [1.29, 1.82) is 0 Å². The number of hydrogen-bond acceptors (Lipinski definition) is 6. The predicted molar refractivity (Wildman–Crippen MR) is 147 cm³/mol. The number of halogens is 3. The number of carbonyl (C=O) groups is 2. The molecule has 0 aliphatic carbocycles. The molecule has 2 aromatic carbocycles.